The molecule has 0 aliphatic carbocycles. The first-order chi connectivity index (χ1) is 13.9. The molecular weight excluding hydrogens is 478 g/mol. The molecule has 1 heterocycles. The first-order valence-corrected chi connectivity index (χ1v) is 10.3. The minimum absolute atomic E-state index is 0.0939. The van der Waals surface area contributed by atoms with Gasteiger partial charge in [0.25, 0.3) is 11.1 Å². The fraction of sp³-hybridized carbons (Fsp3) is 0.143. The van der Waals surface area contributed by atoms with E-state index < -0.39 is 0 Å². The lowest BCUT2D eigenvalue weighted by Crippen LogP contribution is -2.27. The smallest absolute Gasteiger partial charge is 0.293 e. The SMILES string of the molecule is C#CCOc1c(Br)cc(/C=C2\SC(=O)N(Cc3cccc(Cl)c3)C2=O)cc1OC. The second kappa shape index (κ2) is 9.40. The molecule has 0 bridgehead atoms. The summed E-state index contributed by atoms with van der Waals surface area (Å²) in [6, 6.07) is 10.5. The molecule has 0 unspecified atom stereocenters. The topological polar surface area (TPSA) is 55.8 Å². The van der Waals surface area contributed by atoms with Crippen LogP contribution in [0.15, 0.2) is 45.8 Å². The molecule has 148 valence electrons. The minimum atomic E-state index is -0.359. The Labute approximate surface area is 186 Å². The molecule has 5 nitrogen and oxygen atoms in total. The number of imide groups is 1. The van der Waals surface area contributed by atoms with Crippen molar-refractivity contribution >= 4 is 56.5 Å². The van der Waals surface area contributed by atoms with Gasteiger partial charge in [-0.05, 0) is 69.2 Å². The zero-order valence-corrected chi connectivity index (χ0v) is 18.4. The van der Waals surface area contributed by atoms with E-state index in [9.17, 15) is 9.59 Å². The molecule has 0 spiro atoms. The van der Waals surface area contributed by atoms with Crippen molar-refractivity contribution in [1.29, 1.82) is 0 Å². The number of ether oxygens (including phenoxy) is 2. The number of halogens is 2. The van der Waals surface area contributed by atoms with Crippen molar-refractivity contribution in [3.05, 3.63) is 61.9 Å². The molecule has 8 heteroatoms. The summed E-state index contributed by atoms with van der Waals surface area (Å²) >= 11 is 10.3. The molecule has 0 N–H and O–H groups in total. The Balaban J connectivity index is 1.85. The van der Waals surface area contributed by atoms with Gasteiger partial charge in [-0.3, -0.25) is 14.5 Å². The Hall–Kier alpha value is -2.40. The van der Waals surface area contributed by atoms with E-state index in [1.165, 1.54) is 12.0 Å². The lowest BCUT2D eigenvalue weighted by molar-refractivity contribution is -0.123. The van der Waals surface area contributed by atoms with Crippen molar-refractivity contribution in [3.63, 3.8) is 0 Å². The highest BCUT2D eigenvalue weighted by Gasteiger charge is 2.35. The van der Waals surface area contributed by atoms with Crippen LogP contribution in [0.25, 0.3) is 6.08 Å². The summed E-state index contributed by atoms with van der Waals surface area (Å²) in [5, 5.41) is 0.218. The Morgan fingerprint density at radius 2 is 2.10 bits per heavy atom. The van der Waals surface area contributed by atoms with Crippen LogP contribution in [0.5, 0.6) is 11.5 Å². The Bertz CT molecular complexity index is 1050. The molecule has 1 saturated heterocycles. The van der Waals surface area contributed by atoms with Gasteiger partial charge in [0, 0.05) is 5.02 Å². The number of hydrogen-bond donors (Lipinski definition) is 0. The molecule has 2 amide bonds. The summed E-state index contributed by atoms with van der Waals surface area (Å²) in [5.74, 6) is 2.97. The Morgan fingerprint density at radius 3 is 2.79 bits per heavy atom. The lowest BCUT2D eigenvalue weighted by Gasteiger charge is -2.13. The fourth-order valence-electron chi connectivity index (χ4n) is 2.68. The highest BCUT2D eigenvalue weighted by molar-refractivity contribution is 9.10. The van der Waals surface area contributed by atoms with Gasteiger partial charge in [-0.25, -0.2) is 0 Å². The van der Waals surface area contributed by atoms with Gasteiger partial charge >= 0.3 is 0 Å². The molecular formula is C21H15BrClNO4S. The van der Waals surface area contributed by atoms with E-state index in [1.54, 1.807) is 36.4 Å². The maximum atomic E-state index is 12.8. The van der Waals surface area contributed by atoms with Gasteiger partial charge in [-0.1, -0.05) is 29.7 Å². The van der Waals surface area contributed by atoms with E-state index in [4.69, 9.17) is 27.5 Å². The largest absolute Gasteiger partial charge is 0.493 e. The van der Waals surface area contributed by atoms with Gasteiger partial charge < -0.3 is 9.47 Å². The molecule has 0 atom stereocenters. The molecule has 29 heavy (non-hydrogen) atoms. The van der Waals surface area contributed by atoms with Crippen molar-refractivity contribution in [1.82, 2.24) is 4.90 Å². The maximum Gasteiger partial charge on any atom is 0.293 e. The van der Waals surface area contributed by atoms with Gasteiger partial charge in [-0.2, -0.15) is 0 Å². The molecule has 2 aromatic rings. The van der Waals surface area contributed by atoms with Crippen LogP contribution in [0.1, 0.15) is 11.1 Å². The first-order valence-electron chi connectivity index (χ1n) is 8.36. The zero-order chi connectivity index (χ0) is 21.0. The highest BCUT2D eigenvalue weighted by atomic mass is 79.9. The minimum Gasteiger partial charge on any atom is -0.493 e. The van der Waals surface area contributed by atoms with Gasteiger partial charge in [-0.15, -0.1) is 6.42 Å². The van der Waals surface area contributed by atoms with Gasteiger partial charge in [0.05, 0.1) is 23.0 Å². The molecule has 1 fully saturated rings. The number of terminal acetylenes is 1. The van der Waals surface area contributed by atoms with E-state index in [2.05, 4.69) is 21.9 Å². The molecule has 0 radical (unpaired) electrons. The summed E-state index contributed by atoms with van der Waals surface area (Å²) in [7, 11) is 1.51. The van der Waals surface area contributed by atoms with Crippen LogP contribution >= 0.6 is 39.3 Å². The zero-order valence-electron chi connectivity index (χ0n) is 15.3. The Kier molecular flexibility index (Phi) is 6.91. The summed E-state index contributed by atoms with van der Waals surface area (Å²) < 4.78 is 11.5. The van der Waals surface area contributed by atoms with E-state index in [0.717, 1.165) is 17.3 Å². The van der Waals surface area contributed by atoms with Crippen LogP contribution in [0.2, 0.25) is 5.02 Å². The summed E-state index contributed by atoms with van der Waals surface area (Å²) in [5.41, 5.74) is 1.45. The molecule has 0 aromatic heterocycles. The van der Waals surface area contributed by atoms with Crippen LogP contribution in [-0.2, 0) is 11.3 Å². The van der Waals surface area contributed by atoms with Crippen LogP contribution in [-0.4, -0.2) is 29.8 Å². The van der Waals surface area contributed by atoms with Crippen molar-refractivity contribution in [2.24, 2.45) is 0 Å². The first kappa shape index (κ1) is 21.3. The van der Waals surface area contributed by atoms with Crippen LogP contribution < -0.4 is 9.47 Å². The van der Waals surface area contributed by atoms with E-state index in [1.807, 2.05) is 6.07 Å². The number of benzene rings is 2. The van der Waals surface area contributed by atoms with E-state index in [0.29, 0.717) is 31.5 Å². The van der Waals surface area contributed by atoms with Crippen molar-refractivity contribution in [2.75, 3.05) is 13.7 Å². The normalized spacial score (nSPS) is 15.0. The Morgan fingerprint density at radius 1 is 1.31 bits per heavy atom. The number of nitrogens with zero attached hydrogens (tertiary/aromatic N) is 1. The number of thioether (sulfide) groups is 1. The third-order valence-electron chi connectivity index (χ3n) is 3.95. The number of amides is 2. The second-order valence-corrected chi connectivity index (χ2v) is 8.21. The summed E-state index contributed by atoms with van der Waals surface area (Å²) in [6.07, 6.45) is 6.88. The third-order valence-corrected chi connectivity index (χ3v) is 5.68. The average Bonchev–Trinajstić information content (AvgIpc) is 2.94. The monoisotopic (exact) mass is 491 g/mol. The lowest BCUT2D eigenvalue weighted by atomic mass is 10.1. The van der Waals surface area contributed by atoms with Crippen LogP contribution in [0, 0.1) is 12.3 Å². The van der Waals surface area contributed by atoms with Crippen LogP contribution in [0.4, 0.5) is 4.79 Å². The maximum absolute atomic E-state index is 12.8. The molecule has 1 aliphatic rings. The number of hydrogen-bond acceptors (Lipinski definition) is 5. The molecule has 0 saturated carbocycles. The predicted octanol–water partition coefficient (Wildman–Crippen LogP) is 5.36. The van der Waals surface area contributed by atoms with Crippen molar-refractivity contribution in [2.45, 2.75) is 6.54 Å². The standard InChI is InChI=1S/C21H15BrClNO4S/c1-3-7-28-19-16(22)9-14(10-17(19)27-2)11-18-20(25)24(21(26)29-18)12-13-5-4-6-15(23)8-13/h1,4-6,8-11H,7,12H2,2H3/b18-11-. The fourth-order valence-corrected chi connectivity index (χ4v) is 4.31. The summed E-state index contributed by atoms with van der Waals surface area (Å²) in [6.45, 7) is 0.255. The van der Waals surface area contributed by atoms with E-state index in [-0.39, 0.29) is 24.3 Å². The quantitative estimate of drug-likeness (QED) is 0.401. The molecule has 2 aromatic carbocycles. The van der Waals surface area contributed by atoms with Gasteiger partial charge in [0.2, 0.25) is 0 Å². The highest BCUT2D eigenvalue weighted by Crippen LogP contribution is 2.39. The van der Waals surface area contributed by atoms with Crippen LogP contribution in [0.3, 0.4) is 0 Å². The molecule has 1 aliphatic heterocycles. The number of rotatable bonds is 6. The predicted molar refractivity (Wildman–Crippen MR) is 118 cm³/mol. The number of carbonyl (C=O) groups excluding carboxylic acids is 2. The van der Waals surface area contributed by atoms with Crippen molar-refractivity contribution < 1.29 is 19.1 Å². The van der Waals surface area contributed by atoms with Gasteiger partial charge in [0.1, 0.15) is 6.61 Å². The van der Waals surface area contributed by atoms with E-state index >= 15 is 0 Å². The molecule has 3 rings (SSSR count). The van der Waals surface area contributed by atoms with Crippen molar-refractivity contribution in [3.8, 4) is 23.8 Å². The second-order valence-electron chi connectivity index (χ2n) is 5.92. The average molecular weight is 493 g/mol. The van der Waals surface area contributed by atoms with Gasteiger partial charge in [0.15, 0.2) is 11.5 Å². The summed E-state index contributed by atoms with van der Waals surface area (Å²) in [4.78, 5) is 26.6. The number of carbonyl (C=O) groups is 2. The number of methoxy groups -OCH3 is 1. The third kappa shape index (κ3) is 4.96.